The molecule has 0 atom stereocenters. The van der Waals surface area contributed by atoms with Crippen molar-refractivity contribution in [2.45, 2.75) is 26.9 Å². The summed E-state index contributed by atoms with van der Waals surface area (Å²) in [6, 6.07) is 14.8. The van der Waals surface area contributed by atoms with Crippen LogP contribution >= 0.6 is 0 Å². The largest absolute Gasteiger partial charge is 0.415 e. The van der Waals surface area contributed by atoms with E-state index < -0.39 is 11.9 Å². The van der Waals surface area contributed by atoms with Crippen molar-refractivity contribution >= 4 is 11.8 Å². The minimum Gasteiger partial charge on any atom is -0.410 e. The molecule has 1 amide bonds. The Morgan fingerprint density at radius 2 is 1.86 bits per heavy atom. The molecule has 0 spiro atoms. The second kappa shape index (κ2) is 8.60. The van der Waals surface area contributed by atoms with Crippen LogP contribution in [0.1, 0.15) is 25.0 Å². The molecule has 1 aliphatic heterocycles. The maximum Gasteiger partial charge on any atom is 0.415 e. The number of rotatable bonds is 3. The van der Waals surface area contributed by atoms with Crippen molar-refractivity contribution in [3.63, 3.8) is 0 Å². The van der Waals surface area contributed by atoms with E-state index in [1.165, 1.54) is 21.6 Å². The smallest absolute Gasteiger partial charge is 0.410 e. The number of amides is 1. The van der Waals surface area contributed by atoms with Gasteiger partial charge in [0.05, 0.1) is 24.5 Å². The molecule has 7 heteroatoms. The van der Waals surface area contributed by atoms with Gasteiger partial charge >= 0.3 is 6.09 Å². The molecular weight excluding hydrogens is 373 g/mol. The molecule has 0 fully saturated rings. The quantitative estimate of drug-likeness (QED) is 0.678. The molecule has 0 bridgehead atoms. The lowest BCUT2D eigenvalue weighted by Gasteiger charge is -2.28. The van der Waals surface area contributed by atoms with Crippen LogP contribution in [-0.4, -0.2) is 15.6 Å². The zero-order valence-electron chi connectivity index (χ0n) is 16.3. The molecule has 2 N–H and O–H groups in total. The van der Waals surface area contributed by atoms with Crippen molar-refractivity contribution in [3.05, 3.63) is 88.1 Å². The van der Waals surface area contributed by atoms with E-state index in [-0.39, 0.29) is 24.3 Å². The molecule has 0 saturated carbocycles. The lowest BCUT2D eigenvalue weighted by Crippen LogP contribution is -2.36. The van der Waals surface area contributed by atoms with Crippen LogP contribution in [0.5, 0.6) is 5.75 Å². The van der Waals surface area contributed by atoms with Crippen LogP contribution in [0.4, 0.5) is 14.9 Å². The molecule has 4 rings (SSSR count). The van der Waals surface area contributed by atoms with E-state index in [1.807, 2.05) is 13.8 Å². The van der Waals surface area contributed by atoms with Crippen molar-refractivity contribution in [1.82, 2.24) is 9.47 Å². The number of nitrogens with two attached hydrogens (primary N) is 1. The van der Waals surface area contributed by atoms with Gasteiger partial charge in [-0.15, -0.1) is 0 Å². The molecule has 150 valence electrons. The highest BCUT2D eigenvalue weighted by atomic mass is 19.1. The van der Waals surface area contributed by atoms with Crippen molar-refractivity contribution in [2.75, 3.05) is 5.73 Å². The summed E-state index contributed by atoms with van der Waals surface area (Å²) >= 11 is 0. The molecule has 1 aliphatic rings. The number of aromatic nitrogens is 1. The Labute approximate surface area is 168 Å². The molecular formula is C22H22FN3O3. The zero-order valence-corrected chi connectivity index (χ0v) is 16.3. The van der Waals surface area contributed by atoms with E-state index in [1.54, 1.807) is 48.7 Å². The van der Waals surface area contributed by atoms with Crippen LogP contribution in [0.3, 0.4) is 0 Å². The Morgan fingerprint density at radius 3 is 2.62 bits per heavy atom. The van der Waals surface area contributed by atoms with Crippen molar-refractivity contribution < 1.29 is 13.9 Å². The lowest BCUT2D eigenvalue weighted by molar-refractivity contribution is 0.134. The monoisotopic (exact) mass is 395 g/mol. The number of benzene rings is 2. The minimum absolute atomic E-state index is 0.0382. The van der Waals surface area contributed by atoms with Gasteiger partial charge in [-0.05, 0) is 18.2 Å². The number of carbonyl (C=O) groups is 1. The standard InChI is InChI=1S/C20H16FN3O3.C2H6/c21-19-14(4-3-5-16(19)22)12-23-11-13-7-8-15(10-17(13)27-20(23)26)24-9-2-1-6-18(24)25;1-2/h1-10H,11-12,22H2;1-2H3. The van der Waals surface area contributed by atoms with Gasteiger partial charge in [0.15, 0.2) is 5.82 Å². The highest BCUT2D eigenvalue weighted by Gasteiger charge is 2.26. The van der Waals surface area contributed by atoms with Crippen molar-refractivity contribution in [3.8, 4) is 11.4 Å². The molecule has 3 aromatic rings. The normalized spacial score (nSPS) is 12.5. The first kappa shape index (κ1) is 20.1. The van der Waals surface area contributed by atoms with Gasteiger partial charge in [0.25, 0.3) is 5.56 Å². The fourth-order valence-corrected chi connectivity index (χ4v) is 3.04. The number of nitrogens with zero attached hydrogens (tertiary/aromatic N) is 2. The highest BCUT2D eigenvalue weighted by molar-refractivity contribution is 5.74. The van der Waals surface area contributed by atoms with Crippen LogP contribution in [0.25, 0.3) is 5.69 Å². The second-order valence-corrected chi connectivity index (χ2v) is 6.25. The molecule has 0 unspecified atom stereocenters. The summed E-state index contributed by atoms with van der Waals surface area (Å²) in [5, 5.41) is 0. The number of pyridine rings is 1. The van der Waals surface area contributed by atoms with Crippen LogP contribution in [-0.2, 0) is 13.1 Å². The number of carbonyl (C=O) groups excluding carboxylic acids is 1. The number of fused-ring (bicyclic) bond motifs is 1. The number of anilines is 1. The second-order valence-electron chi connectivity index (χ2n) is 6.25. The van der Waals surface area contributed by atoms with Crippen LogP contribution in [0.15, 0.2) is 65.6 Å². The van der Waals surface area contributed by atoms with E-state index in [0.717, 1.165) is 5.56 Å². The van der Waals surface area contributed by atoms with Gasteiger partial charge in [-0.3, -0.25) is 14.3 Å². The fourth-order valence-electron chi connectivity index (χ4n) is 3.04. The maximum absolute atomic E-state index is 14.1. The highest BCUT2D eigenvalue weighted by Crippen LogP contribution is 2.29. The molecule has 0 saturated heterocycles. The summed E-state index contributed by atoms with van der Waals surface area (Å²) in [4.78, 5) is 25.7. The molecule has 0 radical (unpaired) electrons. The predicted octanol–water partition coefficient (Wildman–Crippen LogP) is 4.10. The SMILES string of the molecule is CC.Nc1cccc(CN2Cc3ccc(-n4ccccc4=O)cc3OC2=O)c1F. The Bertz CT molecular complexity index is 1090. The predicted molar refractivity (Wildman–Crippen MR) is 109 cm³/mol. The van der Waals surface area contributed by atoms with Crippen LogP contribution in [0, 0.1) is 5.82 Å². The number of halogens is 1. The average Bonchev–Trinajstić information content (AvgIpc) is 2.73. The molecule has 29 heavy (non-hydrogen) atoms. The van der Waals surface area contributed by atoms with Gasteiger partial charge in [0.1, 0.15) is 5.75 Å². The fraction of sp³-hybridized carbons (Fsp3) is 0.182. The third kappa shape index (κ3) is 4.13. The van der Waals surface area contributed by atoms with E-state index in [9.17, 15) is 14.0 Å². The van der Waals surface area contributed by atoms with Gasteiger partial charge in [0, 0.05) is 29.5 Å². The van der Waals surface area contributed by atoms with E-state index in [4.69, 9.17) is 10.5 Å². The van der Waals surface area contributed by atoms with E-state index >= 15 is 0 Å². The van der Waals surface area contributed by atoms with E-state index in [0.29, 0.717) is 17.0 Å². The Kier molecular flexibility index (Phi) is 5.97. The first-order valence-corrected chi connectivity index (χ1v) is 9.33. The summed E-state index contributed by atoms with van der Waals surface area (Å²) in [5.41, 5.74) is 7.13. The molecule has 6 nitrogen and oxygen atoms in total. The summed E-state index contributed by atoms with van der Waals surface area (Å²) in [6.45, 7) is 4.32. The Morgan fingerprint density at radius 1 is 1.07 bits per heavy atom. The number of nitrogen functional groups attached to an aromatic ring is 1. The van der Waals surface area contributed by atoms with Crippen LogP contribution < -0.4 is 16.0 Å². The number of hydrogen-bond donors (Lipinski definition) is 1. The Hall–Kier alpha value is -3.61. The first-order chi connectivity index (χ1) is 14.0. The summed E-state index contributed by atoms with van der Waals surface area (Å²) in [7, 11) is 0. The third-order valence-corrected chi connectivity index (χ3v) is 4.44. The van der Waals surface area contributed by atoms with Gasteiger partial charge in [-0.25, -0.2) is 9.18 Å². The summed E-state index contributed by atoms with van der Waals surface area (Å²) in [5.74, 6) is -0.146. The van der Waals surface area contributed by atoms with Gasteiger partial charge < -0.3 is 10.5 Å². The minimum atomic E-state index is -0.582. The summed E-state index contributed by atoms with van der Waals surface area (Å²) < 4.78 is 21.0. The topological polar surface area (TPSA) is 77.6 Å². The number of hydrogen-bond acceptors (Lipinski definition) is 4. The third-order valence-electron chi connectivity index (χ3n) is 4.44. The van der Waals surface area contributed by atoms with Crippen LogP contribution in [0.2, 0.25) is 0 Å². The molecule has 2 aromatic carbocycles. The number of ether oxygens (including phenoxy) is 1. The van der Waals surface area contributed by atoms with Gasteiger partial charge in [-0.2, -0.15) is 0 Å². The van der Waals surface area contributed by atoms with Crippen molar-refractivity contribution in [2.24, 2.45) is 0 Å². The Balaban J connectivity index is 0.00000117. The average molecular weight is 395 g/mol. The zero-order chi connectivity index (χ0) is 21.0. The molecule has 1 aromatic heterocycles. The molecule has 0 aliphatic carbocycles. The lowest BCUT2D eigenvalue weighted by atomic mass is 10.1. The molecule has 2 heterocycles. The van der Waals surface area contributed by atoms with Gasteiger partial charge in [0.2, 0.25) is 0 Å². The van der Waals surface area contributed by atoms with Gasteiger partial charge in [-0.1, -0.05) is 38.1 Å². The first-order valence-electron chi connectivity index (χ1n) is 9.33. The van der Waals surface area contributed by atoms with Crippen molar-refractivity contribution in [1.29, 1.82) is 0 Å². The summed E-state index contributed by atoms with van der Waals surface area (Å²) in [6.07, 6.45) is 1.06. The maximum atomic E-state index is 14.1. The van der Waals surface area contributed by atoms with E-state index in [2.05, 4.69) is 0 Å².